The van der Waals surface area contributed by atoms with Crippen molar-refractivity contribution in [2.24, 2.45) is 11.8 Å². The second-order valence-electron chi connectivity index (χ2n) is 7.61. The molecule has 0 spiro atoms. The van der Waals surface area contributed by atoms with Gasteiger partial charge in [-0.15, -0.1) is 0 Å². The van der Waals surface area contributed by atoms with Gasteiger partial charge in [-0.25, -0.2) is 4.98 Å². The maximum Gasteiger partial charge on any atom is 0.263 e. The van der Waals surface area contributed by atoms with Gasteiger partial charge in [-0.2, -0.15) is 4.98 Å². The standard InChI is InChI=1S/C19H29N5O2/c1-5-8-20-16(25)7-6-15-21-18(17-14(4)23-26-19(17)22-15)24-10-12(2)9-13(3)11-24/h12-13H,5-11H2,1-4H3,(H,20,25). The highest BCUT2D eigenvalue weighted by Gasteiger charge is 2.26. The van der Waals surface area contributed by atoms with Gasteiger partial charge in [0, 0.05) is 32.5 Å². The van der Waals surface area contributed by atoms with Crippen LogP contribution in [0.2, 0.25) is 0 Å². The molecule has 7 heteroatoms. The molecular weight excluding hydrogens is 330 g/mol. The third kappa shape index (κ3) is 4.14. The van der Waals surface area contributed by atoms with Crippen molar-refractivity contribution in [2.45, 2.75) is 53.4 Å². The maximum atomic E-state index is 11.9. The summed E-state index contributed by atoms with van der Waals surface area (Å²) in [6.07, 6.45) is 3.04. The van der Waals surface area contributed by atoms with Gasteiger partial charge >= 0.3 is 0 Å². The van der Waals surface area contributed by atoms with E-state index in [-0.39, 0.29) is 5.91 Å². The third-order valence-electron chi connectivity index (χ3n) is 4.85. The number of hydrogen-bond donors (Lipinski definition) is 1. The van der Waals surface area contributed by atoms with Gasteiger partial charge in [0.1, 0.15) is 17.0 Å². The number of hydrogen-bond acceptors (Lipinski definition) is 6. The summed E-state index contributed by atoms with van der Waals surface area (Å²) in [5, 5.41) is 7.87. The van der Waals surface area contributed by atoms with E-state index < -0.39 is 0 Å². The lowest BCUT2D eigenvalue weighted by Gasteiger charge is -2.36. The van der Waals surface area contributed by atoms with Crippen LogP contribution >= 0.6 is 0 Å². The van der Waals surface area contributed by atoms with Gasteiger partial charge < -0.3 is 14.7 Å². The van der Waals surface area contributed by atoms with Gasteiger partial charge in [0.2, 0.25) is 5.91 Å². The molecular formula is C19H29N5O2. The number of piperidine rings is 1. The average Bonchev–Trinajstić information content (AvgIpc) is 2.97. The molecule has 2 aromatic heterocycles. The Labute approximate surface area is 154 Å². The van der Waals surface area contributed by atoms with Crippen LogP contribution in [0.15, 0.2) is 4.52 Å². The third-order valence-corrected chi connectivity index (χ3v) is 4.85. The average molecular weight is 359 g/mol. The first-order valence-corrected chi connectivity index (χ1v) is 9.62. The molecule has 0 radical (unpaired) electrons. The van der Waals surface area contributed by atoms with Crippen molar-refractivity contribution in [2.75, 3.05) is 24.5 Å². The largest absolute Gasteiger partial charge is 0.356 e. The lowest BCUT2D eigenvalue weighted by atomic mass is 9.92. The van der Waals surface area contributed by atoms with E-state index in [1.54, 1.807) is 0 Å². The Bertz CT molecular complexity index is 763. The van der Waals surface area contributed by atoms with Gasteiger partial charge in [0.15, 0.2) is 0 Å². The summed E-state index contributed by atoms with van der Waals surface area (Å²) in [5.74, 6) is 2.81. The lowest BCUT2D eigenvalue weighted by molar-refractivity contribution is -0.121. The normalized spacial score (nSPS) is 20.5. The Morgan fingerprint density at radius 3 is 2.69 bits per heavy atom. The fourth-order valence-electron chi connectivity index (χ4n) is 3.77. The molecule has 1 saturated heterocycles. The van der Waals surface area contributed by atoms with Crippen molar-refractivity contribution in [1.82, 2.24) is 20.4 Å². The summed E-state index contributed by atoms with van der Waals surface area (Å²) in [5.41, 5.74) is 1.33. The van der Waals surface area contributed by atoms with Crippen LogP contribution in [0.3, 0.4) is 0 Å². The first-order valence-electron chi connectivity index (χ1n) is 9.62. The van der Waals surface area contributed by atoms with Gasteiger partial charge in [0.25, 0.3) is 5.71 Å². The van der Waals surface area contributed by atoms with Crippen LogP contribution in [-0.4, -0.2) is 40.7 Å². The molecule has 3 heterocycles. The summed E-state index contributed by atoms with van der Waals surface area (Å²) >= 11 is 0. The highest BCUT2D eigenvalue weighted by atomic mass is 16.5. The second-order valence-corrected chi connectivity index (χ2v) is 7.61. The smallest absolute Gasteiger partial charge is 0.263 e. The number of rotatable bonds is 6. The first-order chi connectivity index (χ1) is 12.5. The summed E-state index contributed by atoms with van der Waals surface area (Å²) in [7, 11) is 0. The molecule has 2 atom stereocenters. The summed E-state index contributed by atoms with van der Waals surface area (Å²) < 4.78 is 5.42. The van der Waals surface area contributed by atoms with Crippen molar-refractivity contribution >= 4 is 22.8 Å². The monoisotopic (exact) mass is 359 g/mol. The van der Waals surface area contributed by atoms with E-state index >= 15 is 0 Å². The fraction of sp³-hybridized carbons (Fsp3) is 0.684. The molecule has 7 nitrogen and oxygen atoms in total. The Kier molecular flexibility index (Phi) is 5.74. The topological polar surface area (TPSA) is 84.2 Å². The summed E-state index contributed by atoms with van der Waals surface area (Å²) in [6.45, 7) is 11.2. The number of carbonyl (C=O) groups excluding carboxylic acids is 1. The van der Waals surface area contributed by atoms with Gasteiger partial charge in [-0.05, 0) is 31.6 Å². The van der Waals surface area contributed by atoms with Gasteiger partial charge in [-0.3, -0.25) is 4.79 Å². The Balaban J connectivity index is 1.86. The van der Waals surface area contributed by atoms with Gasteiger partial charge in [-0.1, -0.05) is 25.9 Å². The van der Waals surface area contributed by atoms with Crippen LogP contribution in [0.5, 0.6) is 0 Å². The summed E-state index contributed by atoms with van der Waals surface area (Å²) in [6, 6.07) is 0. The van der Waals surface area contributed by atoms with E-state index in [0.29, 0.717) is 42.8 Å². The second kappa shape index (κ2) is 8.01. The molecule has 0 aliphatic carbocycles. The first kappa shape index (κ1) is 18.6. The van der Waals surface area contributed by atoms with Crippen LogP contribution in [0.25, 0.3) is 11.1 Å². The van der Waals surface area contributed by atoms with Crippen molar-refractivity contribution < 1.29 is 9.32 Å². The number of nitrogens with zero attached hydrogens (tertiary/aromatic N) is 4. The van der Waals surface area contributed by atoms with Crippen molar-refractivity contribution in [3.05, 3.63) is 11.5 Å². The summed E-state index contributed by atoms with van der Waals surface area (Å²) in [4.78, 5) is 23.5. The van der Waals surface area contributed by atoms with Crippen LogP contribution in [0.4, 0.5) is 5.82 Å². The van der Waals surface area contributed by atoms with Crippen molar-refractivity contribution in [3.63, 3.8) is 0 Å². The molecule has 1 aliphatic heterocycles. The number of aromatic nitrogens is 3. The number of carbonyl (C=O) groups is 1. The minimum Gasteiger partial charge on any atom is -0.356 e. The van der Waals surface area contributed by atoms with Crippen LogP contribution in [0, 0.1) is 18.8 Å². The van der Waals surface area contributed by atoms with E-state index in [1.165, 1.54) is 6.42 Å². The van der Waals surface area contributed by atoms with Crippen LogP contribution < -0.4 is 10.2 Å². The predicted molar refractivity (Wildman–Crippen MR) is 101 cm³/mol. The Morgan fingerprint density at radius 1 is 1.27 bits per heavy atom. The number of nitrogens with one attached hydrogen (secondary N) is 1. The molecule has 142 valence electrons. The predicted octanol–water partition coefficient (Wildman–Crippen LogP) is 2.87. The number of amides is 1. The van der Waals surface area contributed by atoms with E-state index in [1.807, 2.05) is 13.8 Å². The van der Waals surface area contributed by atoms with E-state index in [9.17, 15) is 4.79 Å². The van der Waals surface area contributed by atoms with Crippen LogP contribution in [-0.2, 0) is 11.2 Å². The minimum absolute atomic E-state index is 0.0334. The molecule has 1 aliphatic rings. The molecule has 1 fully saturated rings. The molecule has 2 unspecified atom stereocenters. The lowest BCUT2D eigenvalue weighted by Crippen LogP contribution is -2.39. The molecule has 2 aromatic rings. The molecule has 0 saturated carbocycles. The zero-order chi connectivity index (χ0) is 18.7. The van der Waals surface area contributed by atoms with Crippen molar-refractivity contribution in [1.29, 1.82) is 0 Å². The van der Waals surface area contributed by atoms with Crippen molar-refractivity contribution in [3.8, 4) is 0 Å². The maximum absolute atomic E-state index is 11.9. The number of anilines is 1. The molecule has 0 aromatic carbocycles. The van der Waals surface area contributed by atoms with Gasteiger partial charge in [0.05, 0.1) is 5.69 Å². The minimum atomic E-state index is 0.0334. The Hall–Kier alpha value is -2.18. The highest BCUT2D eigenvalue weighted by Crippen LogP contribution is 2.31. The fourth-order valence-corrected chi connectivity index (χ4v) is 3.77. The number of fused-ring (bicyclic) bond motifs is 1. The molecule has 1 amide bonds. The van der Waals surface area contributed by atoms with E-state index in [2.05, 4.69) is 34.2 Å². The zero-order valence-electron chi connectivity index (χ0n) is 16.2. The number of aryl methyl sites for hydroxylation is 2. The molecule has 3 rings (SSSR count). The van der Waals surface area contributed by atoms with E-state index in [0.717, 1.165) is 36.4 Å². The molecule has 26 heavy (non-hydrogen) atoms. The SMILES string of the molecule is CCCNC(=O)CCc1nc(N2CC(C)CC(C)C2)c2c(C)noc2n1. The van der Waals surface area contributed by atoms with Crippen LogP contribution in [0.1, 0.15) is 51.6 Å². The zero-order valence-corrected chi connectivity index (χ0v) is 16.2. The quantitative estimate of drug-likeness (QED) is 0.854. The highest BCUT2D eigenvalue weighted by molar-refractivity contribution is 5.88. The Morgan fingerprint density at radius 2 is 2.00 bits per heavy atom. The van der Waals surface area contributed by atoms with E-state index in [4.69, 9.17) is 9.51 Å². The molecule has 0 bridgehead atoms. The molecule has 1 N–H and O–H groups in total.